The van der Waals surface area contributed by atoms with Crippen LogP contribution in [0.2, 0.25) is 0 Å². The highest BCUT2D eigenvalue weighted by atomic mass is 16.5. The molecule has 0 aliphatic rings. The molecule has 2 heterocycles. The summed E-state index contributed by atoms with van der Waals surface area (Å²) in [5.41, 5.74) is -0.514. The minimum absolute atomic E-state index is 0.0381. The SMILES string of the molecule is COC(=O)c1ccc(O)c2nc3c(CNCc4ccccc4)c(O)c(-c4c(O)c(CNCc5ccccc5)c5nc6c(O)ccc(C(=O)OC)c6nc5c4O)c(O)c3nc12. The van der Waals surface area contributed by atoms with E-state index < -0.39 is 46.1 Å². The molecule has 0 bridgehead atoms. The van der Waals surface area contributed by atoms with Crippen molar-refractivity contribution < 1.29 is 49.7 Å². The molecule has 0 saturated heterocycles. The summed E-state index contributed by atoms with van der Waals surface area (Å²) in [5, 5.41) is 77.1. The Morgan fingerprint density at radius 1 is 0.450 bits per heavy atom. The van der Waals surface area contributed by atoms with Crippen molar-refractivity contribution in [2.75, 3.05) is 14.2 Å². The Morgan fingerprint density at radius 2 is 0.817 bits per heavy atom. The second kappa shape index (κ2) is 15.8. The fourth-order valence-corrected chi connectivity index (χ4v) is 7.20. The molecular formula is C44H36N6O10. The van der Waals surface area contributed by atoms with Gasteiger partial charge in [-0.25, -0.2) is 29.5 Å². The monoisotopic (exact) mass is 808 g/mol. The number of phenolic OH excluding ortho intramolecular Hbond substituents is 6. The summed E-state index contributed by atoms with van der Waals surface area (Å²) in [4.78, 5) is 44.1. The van der Waals surface area contributed by atoms with Crippen molar-refractivity contribution in [1.82, 2.24) is 30.6 Å². The third kappa shape index (κ3) is 6.74. The van der Waals surface area contributed by atoms with Crippen molar-refractivity contribution in [1.29, 1.82) is 0 Å². The summed E-state index contributed by atoms with van der Waals surface area (Å²) in [6, 6.07) is 23.8. The lowest BCUT2D eigenvalue weighted by Crippen LogP contribution is -2.15. The van der Waals surface area contributed by atoms with E-state index in [2.05, 4.69) is 30.6 Å². The van der Waals surface area contributed by atoms with E-state index in [0.717, 1.165) is 11.1 Å². The number of phenols is 6. The first kappa shape index (κ1) is 39.0. The van der Waals surface area contributed by atoms with E-state index in [1.54, 1.807) is 0 Å². The van der Waals surface area contributed by atoms with Gasteiger partial charge in [0.2, 0.25) is 0 Å². The number of esters is 2. The lowest BCUT2D eigenvalue weighted by atomic mass is 9.93. The third-order valence-electron chi connectivity index (χ3n) is 10.2. The number of nitrogens with zero attached hydrogens (tertiary/aromatic N) is 4. The number of rotatable bonds is 11. The van der Waals surface area contributed by atoms with E-state index in [1.165, 1.54) is 38.5 Å². The van der Waals surface area contributed by atoms with Crippen molar-refractivity contribution in [3.63, 3.8) is 0 Å². The fraction of sp³-hybridized carbons (Fsp3) is 0.136. The average Bonchev–Trinajstić information content (AvgIpc) is 3.27. The number of hydrogen-bond acceptors (Lipinski definition) is 16. The van der Waals surface area contributed by atoms with E-state index in [-0.39, 0.29) is 91.0 Å². The largest absolute Gasteiger partial charge is 0.507 e. The Balaban J connectivity index is 1.43. The number of hydrogen-bond donors (Lipinski definition) is 8. The zero-order chi connectivity index (χ0) is 42.2. The van der Waals surface area contributed by atoms with E-state index in [1.807, 2.05) is 60.7 Å². The number of fused-ring (bicyclic) bond motifs is 4. The molecule has 0 fully saturated rings. The highest BCUT2D eigenvalue weighted by Crippen LogP contribution is 2.54. The number of carbonyl (C=O) groups excluding carboxylic acids is 2. The molecule has 0 atom stereocenters. The number of aromatic hydroxyl groups is 6. The van der Waals surface area contributed by atoms with Crippen LogP contribution in [0, 0.1) is 0 Å². The molecule has 2 aromatic heterocycles. The normalized spacial score (nSPS) is 11.4. The first-order valence-corrected chi connectivity index (χ1v) is 18.5. The summed E-state index contributed by atoms with van der Waals surface area (Å²) in [6.45, 7) is 0.404. The average molecular weight is 809 g/mol. The zero-order valence-electron chi connectivity index (χ0n) is 32.0. The van der Waals surface area contributed by atoms with Gasteiger partial charge in [-0.3, -0.25) is 0 Å². The van der Waals surface area contributed by atoms with Crippen LogP contribution >= 0.6 is 0 Å². The van der Waals surface area contributed by atoms with Crippen molar-refractivity contribution >= 4 is 56.1 Å². The van der Waals surface area contributed by atoms with Gasteiger partial charge in [-0.15, -0.1) is 0 Å². The quantitative estimate of drug-likeness (QED) is 0.0557. The van der Waals surface area contributed by atoms with Gasteiger partial charge in [0.25, 0.3) is 0 Å². The molecule has 0 spiro atoms. The molecule has 16 heteroatoms. The van der Waals surface area contributed by atoms with Gasteiger partial charge >= 0.3 is 11.9 Å². The van der Waals surface area contributed by atoms with Crippen LogP contribution < -0.4 is 10.6 Å². The molecule has 0 unspecified atom stereocenters. The first-order valence-electron chi connectivity index (χ1n) is 18.5. The van der Waals surface area contributed by atoms with Gasteiger partial charge in [-0.2, -0.15) is 0 Å². The van der Waals surface area contributed by atoms with Crippen LogP contribution in [0.3, 0.4) is 0 Å². The predicted molar refractivity (Wildman–Crippen MR) is 220 cm³/mol. The third-order valence-corrected chi connectivity index (χ3v) is 10.2. The van der Waals surface area contributed by atoms with E-state index in [9.17, 15) is 40.2 Å². The maximum Gasteiger partial charge on any atom is 0.340 e. The van der Waals surface area contributed by atoms with Crippen LogP contribution in [0.5, 0.6) is 34.5 Å². The van der Waals surface area contributed by atoms with Crippen LogP contribution in [-0.2, 0) is 35.7 Å². The molecule has 0 saturated carbocycles. The molecule has 8 rings (SSSR count). The predicted octanol–water partition coefficient (Wildman–Crippen LogP) is 5.93. The number of benzene rings is 6. The Kier molecular flexibility index (Phi) is 10.3. The molecular weight excluding hydrogens is 773 g/mol. The van der Waals surface area contributed by atoms with Gasteiger partial charge in [-0.05, 0) is 35.4 Å². The molecule has 16 nitrogen and oxygen atoms in total. The van der Waals surface area contributed by atoms with Crippen molar-refractivity contribution in [3.05, 3.63) is 118 Å². The number of nitrogens with one attached hydrogen (secondary N) is 2. The molecule has 8 aromatic rings. The van der Waals surface area contributed by atoms with Gasteiger partial charge < -0.3 is 50.7 Å². The lowest BCUT2D eigenvalue weighted by Gasteiger charge is -2.21. The summed E-state index contributed by atoms with van der Waals surface area (Å²) in [5.74, 6) is -5.11. The lowest BCUT2D eigenvalue weighted by molar-refractivity contribution is 0.0593. The van der Waals surface area contributed by atoms with Gasteiger partial charge in [0.05, 0.1) is 36.5 Å². The molecule has 60 heavy (non-hydrogen) atoms. The van der Waals surface area contributed by atoms with Gasteiger partial charge in [0, 0.05) is 37.3 Å². The number of carbonyl (C=O) groups is 2. The van der Waals surface area contributed by atoms with E-state index in [0.29, 0.717) is 13.1 Å². The van der Waals surface area contributed by atoms with Crippen LogP contribution in [0.4, 0.5) is 0 Å². The molecule has 0 radical (unpaired) electrons. The summed E-state index contributed by atoms with van der Waals surface area (Å²) < 4.78 is 9.88. The topological polar surface area (TPSA) is 250 Å². The maximum atomic E-state index is 12.9. The van der Waals surface area contributed by atoms with Crippen LogP contribution in [0.25, 0.3) is 55.3 Å². The minimum Gasteiger partial charge on any atom is -0.507 e. The van der Waals surface area contributed by atoms with E-state index in [4.69, 9.17) is 9.47 Å². The Morgan fingerprint density at radius 3 is 1.18 bits per heavy atom. The Bertz CT molecular complexity index is 2820. The maximum absolute atomic E-state index is 12.9. The van der Waals surface area contributed by atoms with Crippen LogP contribution in [-0.4, -0.2) is 76.7 Å². The minimum atomic E-state index is -0.808. The molecule has 8 N–H and O–H groups in total. The number of methoxy groups -OCH3 is 2. The van der Waals surface area contributed by atoms with Crippen LogP contribution in [0.1, 0.15) is 43.0 Å². The second-order valence-electron chi connectivity index (χ2n) is 13.8. The molecule has 0 amide bonds. The smallest absolute Gasteiger partial charge is 0.340 e. The number of aromatic nitrogens is 4. The van der Waals surface area contributed by atoms with Gasteiger partial charge in [0.15, 0.2) is 11.5 Å². The standard InChI is InChI=1S/C44H36N6O10/c1-59-43(57)23-13-15-27(51)35-31(23)49-37-33(47-35)25(19-45-17-21-9-5-3-6-10-21)39(53)29(41(37)55)30-40(54)26(20-46-18-22-11-7-4-8-12-22)34-38(42(30)56)50-32-24(44(58)60-2)14-16-28(52)36(32)48-34/h3-16,45-46,51-56H,17-20H2,1-2H3. The Hall–Kier alpha value is -7.82. The summed E-state index contributed by atoms with van der Waals surface area (Å²) in [7, 11) is 2.33. The van der Waals surface area contributed by atoms with Crippen molar-refractivity contribution in [3.8, 4) is 45.6 Å². The van der Waals surface area contributed by atoms with E-state index >= 15 is 0 Å². The zero-order valence-corrected chi connectivity index (χ0v) is 32.0. The summed E-state index contributed by atoms with van der Waals surface area (Å²) >= 11 is 0. The summed E-state index contributed by atoms with van der Waals surface area (Å²) in [6.07, 6.45) is 0. The number of ether oxygens (including phenoxy) is 2. The highest BCUT2D eigenvalue weighted by Gasteiger charge is 2.32. The highest BCUT2D eigenvalue weighted by molar-refractivity contribution is 6.10. The Labute approximate surface area is 340 Å². The fourth-order valence-electron chi connectivity index (χ4n) is 7.20. The molecule has 6 aromatic carbocycles. The van der Waals surface area contributed by atoms with Gasteiger partial charge in [-0.1, -0.05) is 60.7 Å². The van der Waals surface area contributed by atoms with Crippen LogP contribution in [0.15, 0.2) is 84.9 Å². The first-order chi connectivity index (χ1) is 29.0. The van der Waals surface area contributed by atoms with Crippen molar-refractivity contribution in [2.24, 2.45) is 0 Å². The second-order valence-corrected chi connectivity index (χ2v) is 13.8. The van der Waals surface area contributed by atoms with Crippen molar-refractivity contribution in [2.45, 2.75) is 26.2 Å². The molecule has 0 aliphatic carbocycles. The molecule has 0 aliphatic heterocycles. The van der Waals surface area contributed by atoms with Gasteiger partial charge in [0.1, 0.15) is 67.1 Å². The molecule has 302 valence electrons.